The normalized spacial score (nSPS) is 16.7. The van der Waals surface area contributed by atoms with Crippen LogP contribution in [0.2, 0.25) is 0 Å². The van der Waals surface area contributed by atoms with E-state index in [1.165, 1.54) is 18.9 Å². The molecule has 1 atom stereocenters. The molecule has 0 spiro atoms. The average Bonchev–Trinajstić information content (AvgIpc) is 2.93. The molecule has 1 aromatic carbocycles. The van der Waals surface area contributed by atoms with E-state index in [2.05, 4.69) is 5.32 Å². The summed E-state index contributed by atoms with van der Waals surface area (Å²) in [6, 6.07) is 3.36. The zero-order valence-electron chi connectivity index (χ0n) is 11.7. The quantitative estimate of drug-likeness (QED) is 0.664. The van der Waals surface area contributed by atoms with Gasteiger partial charge in [-0.25, -0.2) is 0 Å². The van der Waals surface area contributed by atoms with Crippen molar-refractivity contribution in [3.8, 4) is 0 Å². The summed E-state index contributed by atoms with van der Waals surface area (Å²) in [5, 5.41) is 13.5. The fraction of sp³-hybridized carbons (Fsp3) is 0.500. The molecule has 7 heteroatoms. The number of amides is 1. The van der Waals surface area contributed by atoms with Crippen LogP contribution < -0.4 is 5.32 Å². The van der Waals surface area contributed by atoms with Crippen LogP contribution in [0.4, 0.5) is 15.8 Å². The second-order valence-corrected chi connectivity index (χ2v) is 6.74. The molecule has 0 bridgehead atoms. The van der Waals surface area contributed by atoms with Crippen molar-refractivity contribution in [2.24, 2.45) is 0 Å². The first-order chi connectivity index (χ1) is 9.97. The summed E-state index contributed by atoms with van der Waals surface area (Å²) in [7, 11) is 0. The molecular weight excluding hydrogens is 295 g/mol. The molecule has 1 amide bonds. The maximum absolute atomic E-state index is 13.2. The molecular formula is C14H17FN2O3S. The number of hydrogen-bond donors (Lipinski definition) is 1. The number of halogens is 1. The molecule has 1 N–H and O–H groups in total. The largest absolute Gasteiger partial charge is 0.325 e. The summed E-state index contributed by atoms with van der Waals surface area (Å²) in [6.07, 6.45) is 4.67. The predicted octanol–water partition coefficient (Wildman–Crippen LogP) is 3.74. The molecule has 21 heavy (non-hydrogen) atoms. The van der Waals surface area contributed by atoms with E-state index < -0.39 is 16.4 Å². The van der Waals surface area contributed by atoms with E-state index in [9.17, 15) is 19.3 Å². The third-order valence-corrected chi connectivity index (χ3v) is 4.96. The number of hydrogen-bond acceptors (Lipinski definition) is 4. The van der Waals surface area contributed by atoms with Crippen molar-refractivity contribution in [1.29, 1.82) is 0 Å². The monoisotopic (exact) mass is 312 g/mol. The molecule has 1 aliphatic carbocycles. The fourth-order valence-corrected chi connectivity index (χ4v) is 3.71. The topological polar surface area (TPSA) is 72.2 Å². The minimum atomic E-state index is -0.911. The van der Waals surface area contributed by atoms with Gasteiger partial charge in [0, 0.05) is 17.0 Å². The number of nitrogens with zero attached hydrogens (tertiary/aromatic N) is 1. The highest BCUT2D eigenvalue weighted by atomic mass is 32.2. The smallest absolute Gasteiger partial charge is 0.306 e. The molecule has 0 heterocycles. The zero-order chi connectivity index (χ0) is 15.4. The van der Waals surface area contributed by atoms with Gasteiger partial charge in [-0.1, -0.05) is 12.8 Å². The Morgan fingerprint density at radius 1 is 1.48 bits per heavy atom. The minimum absolute atomic E-state index is 0.215. The Morgan fingerprint density at radius 2 is 2.14 bits per heavy atom. The Hall–Kier alpha value is -1.63. The standard InChI is InChI=1S/C14H17FN2O3S/c1-9(21-11-4-2-3-5-11)14(18)16-10-6-7-12(15)13(8-10)17(19)20/h6-9,11H,2-5H2,1H3,(H,16,18)/t9-/m0/s1. The number of carbonyl (C=O) groups is 1. The van der Waals surface area contributed by atoms with Gasteiger partial charge in [0.2, 0.25) is 11.7 Å². The van der Waals surface area contributed by atoms with E-state index in [0.717, 1.165) is 25.0 Å². The number of thioether (sulfide) groups is 1. The Balaban J connectivity index is 1.98. The first-order valence-electron chi connectivity index (χ1n) is 6.87. The zero-order valence-corrected chi connectivity index (χ0v) is 12.5. The predicted molar refractivity (Wildman–Crippen MR) is 81.0 cm³/mol. The summed E-state index contributed by atoms with van der Waals surface area (Å²) in [6.45, 7) is 1.82. The van der Waals surface area contributed by atoms with Gasteiger partial charge in [0.05, 0.1) is 10.2 Å². The molecule has 0 radical (unpaired) electrons. The van der Waals surface area contributed by atoms with Crippen molar-refractivity contribution in [2.75, 3.05) is 5.32 Å². The Labute approximate surface area is 126 Å². The van der Waals surface area contributed by atoms with E-state index in [-0.39, 0.29) is 16.8 Å². The van der Waals surface area contributed by atoms with Gasteiger partial charge >= 0.3 is 5.69 Å². The second-order valence-electron chi connectivity index (χ2n) is 5.10. The van der Waals surface area contributed by atoms with Gasteiger partial charge in [-0.05, 0) is 31.9 Å². The molecule has 1 fully saturated rings. The van der Waals surface area contributed by atoms with Crippen LogP contribution in [-0.4, -0.2) is 21.3 Å². The lowest BCUT2D eigenvalue weighted by atomic mass is 10.2. The van der Waals surface area contributed by atoms with E-state index in [1.807, 2.05) is 6.92 Å². The molecule has 0 saturated heterocycles. The summed E-state index contributed by atoms with van der Waals surface area (Å²) in [4.78, 5) is 21.9. The van der Waals surface area contributed by atoms with Crippen LogP contribution in [0.15, 0.2) is 18.2 Å². The van der Waals surface area contributed by atoms with Gasteiger partial charge in [-0.15, -0.1) is 11.8 Å². The maximum Gasteiger partial charge on any atom is 0.306 e. The molecule has 1 aliphatic rings. The summed E-state index contributed by atoms with van der Waals surface area (Å²) >= 11 is 1.63. The highest BCUT2D eigenvalue weighted by Crippen LogP contribution is 2.32. The first kappa shape index (κ1) is 15.8. The van der Waals surface area contributed by atoms with Crippen molar-refractivity contribution >= 4 is 29.0 Å². The molecule has 2 rings (SSSR count). The number of benzene rings is 1. The molecule has 114 valence electrons. The lowest BCUT2D eigenvalue weighted by Gasteiger charge is -2.16. The average molecular weight is 312 g/mol. The van der Waals surface area contributed by atoms with Crippen LogP contribution in [0.3, 0.4) is 0 Å². The summed E-state index contributed by atoms with van der Waals surface area (Å²) in [5.41, 5.74) is -0.393. The van der Waals surface area contributed by atoms with Crippen molar-refractivity contribution in [3.05, 3.63) is 34.1 Å². The summed E-state index contributed by atoms with van der Waals surface area (Å²) in [5.74, 6) is -1.13. The van der Waals surface area contributed by atoms with Crippen LogP contribution in [0, 0.1) is 15.9 Å². The number of nitro benzene ring substituents is 1. The third-order valence-electron chi connectivity index (χ3n) is 3.48. The lowest BCUT2D eigenvalue weighted by molar-refractivity contribution is -0.387. The molecule has 0 unspecified atom stereocenters. The molecule has 1 saturated carbocycles. The van der Waals surface area contributed by atoms with Crippen LogP contribution in [0.5, 0.6) is 0 Å². The van der Waals surface area contributed by atoms with Crippen molar-refractivity contribution < 1.29 is 14.1 Å². The molecule has 0 aliphatic heterocycles. The van der Waals surface area contributed by atoms with Gasteiger partial charge in [-0.2, -0.15) is 4.39 Å². The van der Waals surface area contributed by atoms with Gasteiger partial charge in [-0.3, -0.25) is 14.9 Å². The van der Waals surface area contributed by atoms with Crippen molar-refractivity contribution in [2.45, 2.75) is 43.1 Å². The Morgan fingerprint density at radius 3 is 2.76 bits per heavy atom. The number of anilines is 1. The van der Waals surface area contributed by atoms with Gasteiger partial charge in [0.15, 0.2) is 0 Å². The number of nitro groups is 1. The van der Waals surface area contributed by atoms with E-state index in [0.29, 0.717) is 5.25 Å². The fourth-order valence-electron chi connectivity index (χ4n) is 2.35. The molecule has 1 aromatic rings. The van der Waals surface area contributed by atoms with Gasteiger partial charge in [0.25, 0.3) is 0 Å². The second kappa shape index (κ2) is 6.89. The number of nitrogens with one attached hydrogen (secondary N) is 1. The Kier molecular flexibility index (Phi) is 5.17. The highest BCUT2D eigenvalue weighted by Gasteiger charge is 2.23. The number of carbonyl (C=O) groups excluding carboxylic acids is 1. The van der Waals surface area contributed by atoms with Crippen molar-refractivity contribution in [1.82, 2.24) is 0 Å². The highest BCUT2D eigenvalue weighted by molar-refractivity contribution is 8.01. The molecule has 0 aromatic heterocycles. The summed E-state index contributed by atoms with van der Waals surface area (Å²) < 4.78 is 13.2. The van der Waals surface area contributed by atoms with Crippen LogP contribution in [0.25, 0.3) is 0 Å². The molecule has 5 nitrogen and oxygen atoms in total. The minimum Gasteiger partial charge on any atom is -0.325 e. The van der Waals surface area contributed by atoms with Crippen molar-refractivity contribution in [3.63, 3.8) is 0 Å². The number of rotatable bonds is 5. The van der Waals surface area contributed by atoms with E-state index >= 15 is 0 Å². The third kappa shape index (κ3) is 4.17. The van der Waals surface area contributed by atoms with Crippen LogP contribution in [0.1, 0.15) is 32.6 Å². The lowest BCUT2D eigenvalue weighted by Crippen LogP contribution is -2.24. The van der Waals surface area contributed by atoms with Gasteiger partial charge in [0.1, 0.15) is 0 Å². The van der Waals surface area contributed by atoms with E-state index in [4.69, 9.17) is 0 Å². The first-order valence-corrected chi connectivity index (χ1v) is 7.82. The maximum atomic E-state index is 13.2. The van der Waals surface area contributed by atoms with Gasteiger partial charge < -0.3 is 5.32 Å². The van der Waals surface area contributed by atoms with Crippen LogP contribution in [-0.2, 0) is 4.79 Å². The SMILES string of the molecule is C[C@H](SC1CCCC1)C(=O)Nc1ccc(F)c([N+](=O)[O-])c1. The van der Waals surface area contributed by atoms with Crippen LogP contribution >= 0.6 is 11.8 Å². The Bertz CT molecular complexity index is 547. The van der Waals surface area contributed by atoms with E-state index in [1.54, 1.807) is 11.8 Å².